The molecule has 2 nitrogen and oxygen atoms in total. The largest absolute Gasteiger partial charge is 0.395 e. The number of aliphatic hydroxyl groups is 1. The van der Waals surface area contributed by atoms with E-state index in [2.05, 4.69) is 25.2 Å². The van der Waals surface area contributed by atoms with E-state index in [0.29, 0.717) is 6.54 Å². The van der Waals surface area contributed by atoms with Gasteiger partial charge in [0.05, 0.1) is 6.61 Å². The van der Waals surface area contributed by atoms with Crippen LogP contribution in [-0.2, 0) is 0 Å². The van der Waals surface area contributed by atoms with Gasteiger partial charge < -0.3 is 10.4 Å². The Balaban J connectivity index is 0.000000265. The van der Waals surface area contributed by atoms with E-state index < -0.39 is 0 Å². The second-order valence-electron chi connectivity index (χ2n) is 4.90. The lowest BCUT2D eigenvalue weighted by Gasteiger charge is -2.16. The fraction of sp³-hybridized carbons (Fsp3) is 0.529. The summed E-state index contributed by atoms with van der Waals surface area (Å²) in [6.07, 6.45) is 6.57. The van der Waals surface area contributed by atoms with Crippen LogP contribution in [0.4, 0.5) is 0 Å². The van der Waals surface area contributed by atoms with Gasteiger partial charge in [0.25, 0.3) is 0 Å². The molecule has 2 N–H and O–H groups in total. The number of aliphatic hydroxyl groups excluding tert-OH is 1. The smallest absolute Gasteiger partial charge is 0.0555 e. The molecule has 0 amide bonds. The van der Waals surface area contributed by atoms with Gasteiger partial charge in [0.2, 0.25) is 0 Å². The van der Waals surface area contributed by atoms with Crippen LogP contribution >= 0.6 is 0 Å². The predicted octanol–water partition coefficient (Wildman–Crippen LogP) is 3.64. The van der Waals surface area contributed by atoms with Crippen molar-refractivity contribution in [3.63, 3.8) is 0 Å². The maximum Gasteiger partial charge on any atom is 0.0555 e. The highest BCUT2D eigenvalue weighted by atomic mass is 16.3. The first-order chi connectivity index (χ1) is 9.20. The number of rotatable bonds is 3. The van der Waals surface area contributed by atoms with Gasteiger partial charge in [-0.1, -0.05) is 61.9 Å². The first-order valence-corrected chi connectivity index (χ1v) is 7.15. The Morgan fingerprint density at radius 1 is 1.11 bits per heavy atom. The van der Waals surface area contributed by atoms with Gasteiger partial charge in [-0.05, 0) is 32.2 Å². The summed E-state index contributed by atoms with van der Waals surface area (Å²) in [7, 11) is 1.80. The van der Waals surface area contributed by atoms with E-state index in [1.807, 2.05) is 36.4 Å². The Morgan fingerprint density at radius 2 is 1.58 bits per heavy atom. The Labute approximate surface area is 118 Å². The van der Waals surface area contributed by atoms with Crippen molar-refractivity contribution >= 4 is 0 Å². The van der Waals surface area contributed by atoms with Crippen molar-refractivity contribution in [2.75, 3.05) is 20.2 Å². The standard InChI is InChI=1S/C8H14.C6H6.C3H9NO/c1-7(2)6-8-4-3-5-8;1-2-4-6-5-3-1;1-4-2-3-5/h6-7H,3-5H2,1-2H3;1-6H;4-5H,2-3H2,1H3. The van der Waals surface area contributed by atoms with Gasteiger partial charge >= 0.3 is 0 Å². The summed E-state index contributed by atoms with van der Waals surface area (Å²) in [6, 6.07) is 12.0. The fourth-order valence-electron chi connectivity index (χ4n) is 1.52. The first kappa shape index (κ1) is 17.9. The van der Waals surface area contributed by atoms with Crippen LogP contribution < -0.4 is 5.32 Å². The normalized spacial score (nSPS) is 12.6. The van der Waals surface area contributed by atoms with Crippen molar-refractivity contribution in [1.82, 2.24) is 5.32 Å². The second kappa shape index (κ2) is 13.3. The minimum absolute atomic E-state index is 0.233. The Morgan fingerprint density at radius 3 is 1.68 bits per heavy atom. The molecule has 0 atom stereocenters. The monoisotopic (exact) mass is 263 g/mol. The number of likely N-dealkylation sites (N-methyl/N-ethyl adjacent to an activating group) is 1. The zero-order valence-corrected chi connectivity index (χ0v) is 12.6. The fourth-order valence-corrected chi connectivity index (χ4v) is 1.52. The molecule has 2 rings (SSSR count). The summed E-state index contributed by atoms with van der Waals surface area (Å²) in [5.41, 5.74) is 1.68. The lowest BCUT2D eigenvalue weighted by molar-refractivity contribution is 0.296. The molecule has 0 unspecified atom stereocenters. The molecule has 19 heavy (non-hydrogen) atoms. The summed E-state index contributed by atoms with van der Waals surface area (Å²) in [6.45, 7) is 5.41. The third-order valence-corrected chi connectivity index (χ3v) is 2.59. The van der Waals surface area contributed by atoms with Gasteiger partial charge in [0.15, 0.2) is 0 Å². The molecule has 0 aliphatic heterocycles. The van der Waals surface area contributed by atoms with Crippen LogP contribution in [0.25, 0.3) is 0 Å². The molecule has 0 radical (unpaired) electrons. The molecule has 2 heteroatoms. The summed E-state index contributed by atoms with van der Waals surface area (Å²) in [5.74, 6) is 0.769. The number of allylic oxidation sites excluding steroid dienone is 2. The van der Waals surface area contributed by atoms with E-state index in [4.69, 9.17) is 5.11 Å². The summed E-state index contributed by atoms with van der Waals surface area (Å²) < 4.78 is 0. The number of hydrogen-bond donors (Lipinski definition) is 2. The number of nitrogens with one attached hydrogen (secondary N) is 1. The van der Waals surface area contributed by atoms with Crippen LogP contribution in [0.5, 0.6) is 0 Å². The third-order valence-electron chi connectivity index (χ3n) is 2.59. The lowest BCUT2D eigenvalue weighted by Crippen LogP contribution is -2.10. The minimum Gasteiger partial charge on any atom is -0.395 e. The van der Waals surface area contributed by atoms with Gasteiger partial charge in [-0.15, -0.1) is 0 Å². The second-order valence-corrected chi connectivity index (χ2v) is 4.90. The van der Waals surface area contributed by atoms with Crippen LogP contribution in [0.2, 0.25) is 0 Å². The van der Waals surface area contributed by atoms with Gasteiger partial charge in [-0.3, -0.25) is 0 Å². The molecule has 1 saturated carbocycles. The molecule has 0 heterocycles. The zero-order chi connectivity index (χ0) is 14.3. The maximum absolute atomic E-state index is 8.00. The van der Waals surface area contributed by atoms with Crippen molar-refractivity contribution in [3.8, 4) is 0 Å². The number of hydrogen-bond acceptors (Lipinski definition) is 2. The van der Waals surface area contributed by atoms with E-state index in [9.17, 15) is 0 Å². The molecule has 0 aromatic heterocycles. The van der Waals surface area contributed by atoms with Gasteiger partial charge in [-0.25, -0.2) is 0 Å². The van der Waals surface area contributed by atoms with Crippen LogP contribution in [-0.4, -0.2) is 25.3 Å². The van der Waals surface area contributed by atoms with Crippen LogP contribution in [0, 0.1) is 5.92 Å². The average Bonchev–Trinajstić information content (AvgIpc) is 2.38. The minimum atomic E-state index is 0.233. The Bertz CT molecular complexity index is 272. The quantitative estimate of drug-likeness (QED) is 0.816. The summed E-state index contributed by atoms with van der Waals surface area (Å²) in [4.78, 5) is 0. The van der Waals surface area contributed by atoms with Crippen molar-refractivity contribution < 1.29 is 5.11 Å². The van der Waals surface area contributed by atoms with E-state index in [1.165, 1.54) is 19.3 Å². The average molecular weight is 263 g/mol. The van der Waals surface area contributed by atoms with E-state index in [-0.39, 0.29) is 6.61 Å². The van der Waals surface area contributed by atoms with E-state index >= 15 is 0 Å². The van der Waals surface area contributed by atoms with Crippen molar-refractivity contribution in [3.05, 3.63) is 48.0 Å². The van der Waals surface area contributed by atoms with Crippen LogP contribution in [0.1, 0.15) is 33.1 Å². The van der Waals surface area contributed by atoms with Crippen molar-refractivity contribution in [2.24, 2.45) is 5.92 Å². The molecular formula is C17H29NO. The maximum atomic E-state index is 8.00. The number of benzene rings is 1. The Kier molecular flexibility index (Phi) is 12.5. The van der Waals surface area contributed by atoms with Gasteiger partial charge in [0, 0.05) is 6.54 Å². The molecule has 0 spiro atoms. The molecule has 0 bridgehead atoms. The molecular weight excluding hydrogens is 234 g/mol. The van der Waals surface area contributed by atoms with Crippen LogP contribution in [0.15, 0.2) is 48.0 Å². The first-order valence-electron chi connectivity index (χ1n) is 7.15. The molecule has 108 valence electrons. The highest BCUT2D eigenvalue weighted by Crippen LogP contribution is 2.26. The molecule has 0 saturated heterocycles. The predicted molar refractivity (Wildman–Crippen MR) is 84.2 cm³/mol. The molecule has 1 aliphatic rings. The van der Waals surface area contributed by atoms with Gasteiger partial charge in [0.1, 0.15) is 0 Å². The summed E-state index contributed by atoms with van der Waals surface area (Å²) >= 11 is 0. The van der Waals surface area contributed by atoms with Crippen molar-refractivity contribution in [2.45, 2.75) is 33.1 Å². The van der Waals surface area contributed by atoms with Crippen LogP contribution in [0.3, 0.4) is 0 Å². The SMILES string of the molecule is CC(C)C=C1CCC1.CNCCO.c1ccccc1. The molecule has 1 aromatic rings. The van der Waals surface area contributed by atoms with E-state index in [0.717, 1.165) is 5.92 Å². The topological polar surface area (TPSA) is 32.3 Å². The van der Waals surface area contributed by atoms with Gasteiger partial charge in [-0.2, -0.15) is 0 Å². The third kappa shape index (κ3) is 13.1. The summed E-state index contributed by atoms with van der Waals surface area (Å²) in [5, 5.41) is 10.8. The Hall–Kier alpha value is -1.12. The van der Waals surface area contributed by atoms with Crippen molar-refractivity contribution in [1.29, 1.82) is 0 Å². The highest BCUT2D eigenvalue weighted by Gasteiger charge is 2.07. The van der Waals surface area contributed by atoms with E-state index in [1.54, 1.807) is 12.6 Å². The highest BCUT2D eigenvalue weighted by molar-refractivity contribution is 5.09. The molecule has 1 fully saturated rings. The molecule has 1 aliphatic carbocycles. The lowest BCUT2D eigenvalue weighted by atomic mass is 9.90. The molecule has 1 aromatic carbocycles. The zero-order valence-electron chi connectivity index (χ0n) is 12.6.